The van der Waals surface area contributed by atoms with Gasteiger partial charge in [-0.15, -0.1) is 0 Å². The summed E-state index contributed by atoms with van der Waals surface area (Å²) in [4.78, 5) is 11.5. The summed E-state index contributed by atoms with van der Waals surface area (Å²) < 4.78 is 10.9. The van der Waals surface area contributed by atoms with Crippen molar-refractivity contribution in [1.82, 2.24) is 10.6 Å². The van der Waals surface area contributed by atoms with Crippen LogP contribution < -0.4 is 10.6 Å². The molecule has 0 aliphatic carbocycles. The van der Waals surface area contributed by atoms with Gasteiger partial charge < -0.3 is 20.1 Å². The fraction of sp³-hybridized carbons (Fsp3) is 0.923. The molecule has 2 N–H and O–H groups in total. The molecule has 5 heteroatoms. The average molecular weight is 258 g/mol. The molecule has 18 heavy (non-hydrogen) atoms. The maximum absolute atomic E-state index is 11.5. The molecule has 1 heterocycles. The summed E-state index contributed by atoms with van der Waals surface area (Å²) in [5.74, 6) is 0.477. The normalized spacial score (nSPS) is 17.1. The highest BCUT2D eigenvalue weighted by atomic mass is 16.5. The Hall–Kier alpha value is -0.650. The summed E-state index contributed by atoms with van der Waals surface area (Å²) in [5, 5.41) is 6.05. The van der Waals surface area contributed by atoms with Crippen molar-refractivity contribution < 1.29 is 14.3 Å². The van der Waals surface area contributed by atoms with Crippen molar-refractivity contribution in [1.29, 1.82) is 0 Å². The number of rotatable bonds is 8. The molecule has 0 unspecified atom stereocenters. The number of hydrogen-bond donors (Lipinski definition) is 2. The molecule has 0 aromatic heterocycles. The van der Waals surface area contributed by atoms with Crippen molar-refractivity contribution in [3.63, 3.8) is 0 Å². The molecule has 106 valence electrons. The highest BCUT2D eigenvalue weighted by Crippen LogP contribution is 2.06. The maximum atomic E-state index is 11.5. The first-order valence-corrected chi connectivity index (χ1v) is 6.85. The lowest BCUT2D eigenvalue weighted by Crippen LogP contribution is -2.36. The van der Waals surface area contributed by atoms with Gasteiger partial charge in [0.25, 0.3) is 0 Å². The van der Waals surface area contributed by atoms with E-state index in [0.29, 0.717) is 19.1 Å². The molecule has 1 fully saturated rings. The second-order valence-corrected chi connectivity index (χ2v) is 5.08. The van der Waals surface area contributed by atoms with Gasteiger partial charge in [0.15, 0.2) is 0 Å². The van der Waals surface area contributed by atoms with Crippen LogP contribution >= 0.6 is 0 Å². The van der Waals surface area contributed by atoms with Crippen LogP contribution in [0, 0.1) is 5.92 Å². The maximum Gasteiger partial charge on any atom is 0.246 e. The molecule has 0 aromatic rings. The van der Waals surface area contributed by atoms with Gasteiger partial charge in [-0.25, -0.2) is 0 Å². The van der Waals surface area contributed by atoms with E-state index in [1.165, 1.54) is 0 Å². The standard InChI is InChI=1S/C13H26N2O3/c1-11(2)9-17-8-7-15-13(16)10-18-12-3-5-14-6-4-12/h11-12,14H,3-10H2,1-2H3,(H,15,16). The second kappa shape index (κ2) is 9.30. The third-order valence-electron chi connectivity index (χ3n) is 2.76. The second-order valence-electron chi connectivity index (χ2n) is 5.08. The summed E-state index contributed by atoms with van der Waals surface area (Å²) in [7, 11) is 0. The number of nitrogens with one attached hydrogen (secondary N) is 2. The Kier molecular flexibility index (Phi) is 7.96. The van der Waals surface area contributed by atoms with Crippen LogP contribution in [0.15, 0.2) is 0 Å². The van der Waals surface area contributed by atoms with E-state index in [2.05, 4.69) is 24.5 Å². The predicted molar refractivity (Wildman–Crippen MR) is 70.5 cm³/mol. The van der Waals surface area contributed by atoms with Crippen LogP contribution in [0.25, 0.3) is 0 Å². The highest BCUT2D eigenvalue weighted by Gasteiger charge is 2.14. The van der Waals surface area contributed by atoms with Gasteiger partial charge in [-0.05, 0) is 31.8 Å². The molecule has 0 bridgehead atoms. The Morgan fingerprint density at radius 2 is 2.11 bits per heavy atom. The van der Waals surface area contributed by atoms with E-state index < -0.39 is 0 Å². The highest BCUT2D eigenvalue weighted by molar-refractivity contribution is 5.77. The van der Waals surface area contributed by atoms with E-state index in [9.17, 15) is 4.79 Å². The first-order chi connectivity index (χ1) is 8.68. The Balaban J connectivity index is 1.93. The van der Waals surface area contributed by atoms with Crippen LogP contribution in [0.1, 0.15) is 26.7 Å². The molecule has 1 saturated heterocycles. The largest absolute Gasteiger partial charge is 0.379 e. The van der Waals surface area contributed by atoms with E-state index in [1.54, 1.807) is 0 Å². The Morgan fingerprint density at radius 1 is 1.39 bits per heavy atom. The molecule has 0 atom stereocenters. The Bertz CT molecular complexity index is 228. The van der Waals surface area contributed by atoms with Crippen LogP contribution in [0.5, 0.6) is 0 Å². The Morgan fingerprint density at radius 3 is 2.78 bits per heavy atom. The summed E-state index contributed by atoms with van der Waals surface area (Å²) in [6, 6.07) is 0. The van der Waals surface area contributed by atoms with E-state index in [0.717, 1.165) is 32.5 Å². The predicted octanol–water partition coefficient (Wildman–Crippen LogP) is 0.544. The number of piperidine rings is 1. The summed E-state index contributed by atoms with van der Waals surface area (Å²) in [5.41, 5.74) is 0. The lowest BCUT2D eigenvalue weighted by Gasteiger charge is -2.22. The topological polar surface area (TPSA) is 59.6 Å². The minimum absolute atomic E-state index is 0.0540. The van der Waals surface area contributed by atoms with Gasteiger partial charge in [0.1, 0.15) is 6.61 Å². The smallest absolute Gasteiger partial charge is 0.246 e. The quantitative estimate of drug-likeness (QED) is 0.624. The van der Waals surface area contributed by atoms with Gasteiger partial charge in [-0.2, -0.15) is 0 Å². The van der Waals surface area contributed by atoms with Crippen LogP contribution in [0.3, 0.4) is 0 Å². The monoisotopic (exact) mass is 258 g/mol. The van der Waals surface area contributed by atoms with Crippen molar-refractivity contribution in [3.8, 4) is 0 Å². The van der Waals surface area contributed by atoms with Crippen molar-refractivity contribution in [2.24, 2.45) is 5.92 Å². The summed E-state index contributed by atoms with van der Waals surface area (Å²) in [6.07, 6.45) is 2.21. The first kappa shape index (κ1) is 15.4. The van der Waals surface area contributed by atoms with Gasteiger partial charge in [0, 0.05) is 13.2 Å². The summed E-state index contributed by atoms with van der Waals surface area (Å²) >= 11 is 0. The molecule has 0 spiro atoms. The van der Waals surface area contributed by atoms with Gasteiger partial charge in [0.2, 0.25) is 5.91 Å². The lowest BCUT2D eigenvalue weighted by molar-refractivity contribution is -0.128. The molecule has 5 nitrogen and oxygen atoms in total. The lowest BCUT2D eigenvalue weighted by atomic mass is 10.1. The Labute approximate surface area is 110 Å². The number of carbonyl (C=O) groups excluding carboxylic acids is 1. The van der Waals surface area contributed by atoms with Gasteiger partial charge in [0.05, 0.1) is 12.7 Å². The van der Waals surface area contributed by atoms with Crippen molar-refractivity contribution in [2.75, 3.05) is 39.5 Å². The molecule has 1 aliphatic heterocycles. The molecule has 0 saturated carbocycles. The third kappa shape index (κ3) is 7.63. The molecule has 0 radical (unpaired) electrons. The minimum atomic E-state index is -0.0540. The zero-order valence-corrected chi connectivity index (χ0v) is 11.5. The van der Waals surface area contributed by atoms with Gasteiger partial charge in [-0.3, -0.25) is 4.79 Å². The number of carbonyl (C=O) groups is 1. The van der Waals surface area contributed by atoms with E-state index >= 15 is 0 Å². The van der Waals surface area contributed by atoms with E-state index in [1.807, 2.05) is 0 Å². The molecule has 1 amide bonds. The van der Waals surface area contributed by atoms with Gasteiger partial charge >= 0.3 is 0 Å². The molecule has 1 rings (SSSR count). The van der Waals surface area contributed by atoms with Crippen molar-refractivity contribution in [3.05, 3.63) is 0 Å². The van der Waals surface area contributed by atoms with Crippen molar-refractivity contribution >= 4 is 5.91 Å². The fourth-order valence-corrected chi connectivity index (χ4v) is 1.79. The van der Waals surface area contributed by atoms with Gasteiger partial charge in [-0.1, -0.05) is 13.8 Å². The molecular weight excluding hydrogens is 232 g/mol. The van der Waals surface area contributed by atoms with E-state index in [4.69, 9.17) is 9.47 Å². The zero-order valence-electron chi connectivity index (χ0n) is 11.5. The zero-order chi connectivity index (χ0) is 13.2. The third-order valence-corrected chi connectivity index (χ3v) is 2.76. The molecular formula is C13H26N2O3. The summed E-state index contributed by atoms with van der Waals surface area (Å²) in [6.45, 7) is 8.19. The van der Waals surface area contributed by atoms with Crippen LogP contribution in [0.4, 0.5) is 0 Å². The van der Waals surface area contributed by atoms with E-state index in [-0.39, 0.29) is 18.6 Å². The molecule has 1 aliphatic rings. The van der Waals surface area contributed by atoms with Crippen LogP contribution in [-0.2, 0) is 14.3 Å². The number of ether oxygens (including phenoxy) is 2. The minimum Gasteiger partial charge on any atom is -0.379 e. The number of hydrogen-bond acceptors (Lipinski definition) is 4. The fourth-order valence-electron chi connectivity index (χ4n) is 1.79. The SMILES string of the molecule is CC(C)COCCNC(=O)COC1CCNCC1. The molecule has 0 aromatic carbocycles. The number of amides is 1. The van der Waals surface area contributed by atoms with Crippen LogP contribution in [0.2, 0.25) is 0 Å². The first-order valence-electron chi connectivity index (χ1n) is 6.85. The van der Waals surface area contributed by atoms with Crippen molar-refractivity contribution in [2.45, 2.75) is 32.8 Å². The van der Waals surface area contributed by atoms with Crippen LogP contribution in [-0.4, -0.2) is 51.5 Å². The average Bonchev–Trinajstić information content (AvgIpc) is 2.37.